The Kier molecular flexibility index (Phi) is 1.96. The summed E-state index contributed by atoms with van der Waals surface area (Å²) in [7, 11) is 2.06. The van der Waals surface area contributed by atoms with Crippen LogP contribution in [-0.4, -0.2) is 20.2 Å². The molecule has 0 aliphatic carbocycles. The Hall–Kier alpha value is -1.09. The fourth-order valence-corrected chi connectivity index (χ4v) is 2.72. The van der Waals surface area contributed by atoms with Crippen molar-refractivity contribution < 1.29 is 9.13 Å². The lowest BCUT2D eigenvalue weighted by molar-refractivity contribution is 0.0888. The van der Waals surface area contributed by atoms with Gasteiger partial charge in [0.1, 0.15) is 5.82 Å². The number of rotatable bonds is 0. The predicted octanol–water partition coefficient (Wildman–Crippen LogP) is 2.35. The van der Waals surface area contributed by atoms with Crippen molar-refractivity contribution in [3.8, 4) is 0 Å². The Morgan fingerprint density at radius 2 is 2.33 bits per heavy atom. The third kappa shape index (κ3) is 1.34. The van der Waals surface area contributed by atoms with Gasteiger partial charge in [-0.25, -0.2) is 4.39 Å². The second kappa shape index (κ2) is 3.20. The minimum absolute atomic E-state index is 0.117. The highest BCUT2D eigenvalue weighted by atomic mass is 19.1. The first-order chi connectivity index (χ1) is 7.25. The van der Waals surface area contributed by atoms with Crippen LogP contribution in [0, 0.1) is 11.7 Å². The van der Waals surface area contributed by atoms with E-state index < -0.39 is 0 Å². The molecule has 1 saturated heterocycles. The molecule has 0 saturated carbocycles. The summed E-state index contributed by atoms with van der Waals surface area (Å²) in [6, 6.07) is 4.99. The first kappa shape index (κ1) is 9.16. The quantitative estimate of drug-likeness (QED) is 0.647. The van der Waals surface area contributed by atoms with Gasteiger partial charge in [-0.2, -0.15) is 0 Å². The van der Waals surface area contributed by atoms with Crippen molar-refractivity contribution in [2.45, 2.75) is 12.5 Å². The van der Waals surface area contributed by atoms with E-state index in [2.05, 4.69) is 11.9 Å². The van der Waals surface area contributed by atoms with Crippen LogP contribution < -0.4 is 4.90 Å². The van der Waals surface area contributed by atoms with Gasteiger partial charge >= 0.3 is 0 Å². The molecule has 0 bridgehead atoms. The second-order valence-electron chi connectivity index (χ2n) is 4.42. The summed E-state index contributed by atoms with van der Waals surface area (Å²) < 4.78 is 18.9. The van der Waals surface area contributed by atoms with Crippen LogP contribution in [0.5, 0.6) is 0 Å². The number of hydrogen-bond donors (Lipinski definition) is 0. The molecule has 3 rings (SSSR count). The van der Waals surface area contributed by atoms with Crippen LogP contribution in [0.2, 0.25) is 0 Å². The largest absolute Gasteiger partial charge is 0.374 e. The number of nitrogens with zero attached hydrogens (tertiary/aromatic N) is 1. The van der Waals surface area contributed by atoms with Gasteiger partial charge in [-0.3, -0.25) is 0 Å². The van der Waals surface area contributed by atoms with Crippen LogP contribution in [0.15, 0.2) is 18.2 Å². The van der Waals surface area contributed by atoms with E-state index in [-0.39, 0.29) is 11.9 Å². The SMILES string of the molecule is CN1CC2CCOC2c2cc(F)ccc21. The van der Waals surface area contributed by atoms with Gasteiger partial charge in [0.15, 0.2) is 0 Å². The average molecular weight is 207 g/mol. The molecule has 1 fully saturated rings. The molecule has 1 aromatic carbocycles. The first-order valence-corrected chi connectivity index (χ1v) is 5.38. The molecule has 0 amide bonds. The number of ether oxygens (including phenoxy) is 1. The van der Waals surface area contributed by atoms with Crippen molar-refractivity contribution >= 4 is 5.69 Å². The minimum atomic E-state index is -0.168. The lowest BCUT2D eigenvalue weighted by Gasteiger charge is -2.35. The molecule has 2 atom stereocenters. The highest BCUT2D eigenvalue weighted by molar-refractivity contribution is 5.56. The van der Waals surface area contributed by atoms with Crippen LogP contribution >= 0.6 is 0 Å². The van der Waals surface area contributed by atoms with Crippen molar-refractivity contribution in [1.29, 1.82) is 0 Å². The van der Waals surface area contributed by atoms with E-state index >= 15 is 0 Å². The molecule has 2 nitrogen and oxygen atoms in total. The summed E-state index contributed by atoms with van der Waals surface area (Å²) in [6.07, 6.45) is 1.21. The van der Waals surface area contributed by atoms with Crippen LogP contribution in [0.4, 0.5) is 10.1 Å². The molecule has 2 heterocycles. The summed E-state index contributed by atoms with van der Waals surface area (Å²) in [5.74, 6) is 0.364. The van der Waals surface area contributed by atoms with E-state index in [9.17, 15) is 4.39 Å². The number of anilines is 1. The maximum atomic E-state index is 13.2. The van der Waals surface area contributed by atoms with E-state index in [1.54, 1.807) is 6.07 Å². The molecule has 0 radical (unpaired) electrons. The number of hydrogen-bond acceptors (Lipinski definition) is 2. The number of benzene rings is 1. The molecule has 3 heteroatoms. The van der Waals surface area contributed by atoms with Crippen molar-refractivity contribution in [1.82, 2.24) is 0 Å². The van der Waals surface area contributed by atoms with Gasteiger partial charge in [-0.1, -0.05) is 0 Å². The fraction of sp³-hybridized carbons (Fsp3) is 0.500. The number of halogens is 1. The topological polar surface area (TPSA) is 12.5 Å². The van der Waals surface area contributed by atoms with E-state index in [4.69, 9.17) is 4.74 Å². The summed E-state index contributed by atoms with van der Waals surface area (Å²) in [4.78, 5) is 2.20. The monoisotopic (exact) mass is 207 g/mol. The second-order valence-corrected chi connectivity index (χ2v) is 4.42. The summed E-state index contributed by atoms with van der Waals surface area (Å²) in [5.41, 5.74) is 2.13. The van der Waals surface area contributed by atoms with E-state index in [1.165, 1.54) is 6.07 Å². The zero-order chi connectivity index (χ0) is 10.4. The van der Waals surface area contributed by atoms with Crippen molar-refractivity contribution in [3.63, 3.8) is 0 Å². The van der Waals surface area contributed by atoms with Gasteiger partial charge < -0.3 is 9.64 Å². The van der Waals surface area contributed by atoms with Gasteiger partial charge in [0.05, 0.1) is 6.10 Å². The van der Waals surface area contributed by atoms with Gasteiger partial charge in [-0.15, -0.1) is 0 Å². The van der Waals surface area contributed by atoms with Gasteiger partial charge in [0.25, 0.3) is 0 Å². The number of fused-ring (bicyclic) bond motifs is 3. The zero-order valence-electron chi connectivity index (χ0n) is 8.74. The van der Waals surface area contributed by atoms with Crippen LogP contribution in [-0.2, 0) is 4.74 Å². The molecule has 15 heavy (non-hydrogen) atoms. The molecule has 2 unspecified atom stereocenters. The van der Waals surface area contributed by atoms with E-state index in [0.29, 0.717) is 5.92 Å². The summed E-state index contributed by atoms with van der Waals surface area (Å²) in [6.45, 7) is 1.82. The van der Waals surface area contributed by atoms with E-state index in [0.717, 1.165) is 30.8 Å². The molecule has 2 aliphatic heterocycles. The highest BCUT2D eigenvalue weighted by Crippen LogP contribution is 2.43. The smallest absolute Gasteiger partial charge is 0.123 e. The average Bonchev–Trinajstić information content (AvgIpc) is 2.65. The molecule has 80 valence electrons. The van der Waals surface area contributed by atoms with Crippen molar-refractivity contribution in [3.05, 3.63) is 29.6 Å². The molecule has 0 spiro atoms. The molecule has 2 aliphatic rings. The van der Waals surface area contributed by atoms with Crippen LogP contribution in [0.1, 0.15) is 18.1 Å². The van der Waals surface area contributed by atoms with Crippen LogP contribution in [0.3, 0.4) is 0 Å². The first-order valence-electron chi connectivity index (χ1n) is 5.38. The van der Waals surface area contributed by atoms with Crippen molar-refractivity contribution in [2.24, 2.45) is 5.92 Å². The lowest BCUT2D eigenvalue weighted by atomic mass is 9.89. The Labute approximate surface area is 88.6 Å². The minimum Gasteiger partial charge on any atom is -0.374 e. The van der Waals surface area contributed by atoms with Gasteiger partial charge in [0, 0.05) is 37.4 Å². The molecular formula is C12H14FNO. The summed E-state index contributed by atoms with van der Waals surface area (Å²) >= 11 is 0. The Morgan fingerprint density at radius 3 is 3.20 bits per heavy atom. The Balaban J connectivity index is 2.11. The Morgan fingerprint density at radius 1 is 1.47 bits per heavy atom. The Bertz CT molecular complexity index is 393. The predicted molar refractivity (Wildman–Crippen MR) is 56.5 cm³/mol. The van der Waals surface area contributed by atoms with Crippen molar-refractivity contribution in [2.75, 3.05) is 25.1 Å². The molecular weight excluding hydrogens is 193 g/mol. The van der Waals surface area contributed by atoms with E-state index in [1.807, 2.05) is 6.07 Å². The standard InChI is InChI=1S/C12H14FNO/c1-14-7-8-4-5-15-12(8)10-6-9(13)2-3-11(10)14/h2-3,6,8,12H,4-5,7H2,1H3. The zero-order valence-corrected chi connectivity index (χ0v) is 8.74. The lowest BCUT2D eigenvalue weighted by Crippen LogP contribution is -2.33. The summed E-state index contributed by atoms with van der Waals surface area (Å²) in [5, 5.41) is 0. The maximum Gasteiger partial charge on any atom is 0.123 e. The fourth-order valence-electron chi connectivity index (χ4n) is 2.72. The third-order valence-electron chi connectivity index (χ3n) is 3.43. The molecule has 0 N–H and O–H groups in total. The normalized spacial score (nSPS) is 28.8. The highest BCUT2D eigenvalue weighted by Gasteiger charge is 2.36. The van der Waals surface area contributed by atoms with Gasteiger partial charge in [-0.05, 0) is 24.6 Å². The molecule has 1 aromatic rings. The van der Waals surface area contributed by atoms with Gasteiger partial charge in [0.2, 0.25) is 0 Å². The maximum absolute atomic E-state index is 13.2. The molecule has 0 aromatic heterocycles. The third-order valence-corrected chi connectivity index (χ3v) is 3.43. The van der Waals surface area contributed by atoms with Crippen LogP contribution in [0.25, 0.3) is 0 Å².